The van der Waals surface area contributed by atoms with Crippen molar-refractivity contribution < 1.29 is 9.59 Å². The van der Waals surface area contributed by atoms with Crippen molar-refractivity contribution in [3.8, 4) is 0 Å². The Bertz CT molecular complexity index is 557. The van der Waals surface area contributed by atoms with E-state index in [1.165, 1.54) is 0 Å². The SMILES string of the molecule is O=C(N[C@@H]1CC(=O)N(CCc2cccc(Cl)c2)C1)C1CC1. The number of likely N-dealkylation sites (tertiary alicyclic amines) is 1. The van der Waals surface area contributed by atoms with Crippen molar-refractivity contribution in [2.24, 2.45) is 5.92 Å². The first-order valence-electron chi connectivity index (χ1n) is 7.44. The zero-order valence-corrected chi connectivity index (χ0v) is 12.6. The normalized spacial score (nSPS) is 21.7. The standard InChI is InChI=1S/C16H19ClN2O2/c17-13-3-1-2-11(8-13)6-7-19-10-14(9-15(19)20)18-16(21)12-4-5-12/h1-3,8,12,14H,4-7,9-10H2,(H,18,21)/t14-/m1/s1. The number of nitrogens with zero attached hydrogens (tertiary/aromatic N) is 1. The Labute approximate surface area is 129 Å². The van der Waals surface area contributed by atoms with Crippen LogP contribution in [0.25, 0.3) is 0 Å². The molecule has 2 aliphatic rings. The fourth-order valence-corrected chi connectivity index (χ4v) is 2.92. The molecule has 2 amide bonds. The van der Waals surface area contributed by atoms with Crippen molar-refractivity contribution in [2.45, 2.75) is 31.7 Å². The fourth-order valence-electron chi connectivity index (χ4n) is 2.71. The monoisotopic (exact) mass is 306 g/mol. The second kappa shape index (κ2) is 6.06. The minimum absolute atomic E-state index is 0.0232. The lowest BCUT2D eigenvalue weighted by Gasteiger charge is -2.17. The molecule has 1 atom stereocenters. The van der Waals surface area contributed by atoms with Crippen LogP contribution in [0.2, 0.25) is 5.02 Å². The molecule has 5 heteroatoms. The molecule has 1 saturated carbocycles. The number of hydrogen-bond donors (Lipinski definition) is 1. The van der Waals surface area contributed by atoms with Gasteiger partial charge in [-0.05, 0) is 37.0 Å². The van der Waals surface area contributed by atoms with Gasteiger partial charge >= 0.3 is 0 Å². The molecule has 0 spiro atoms. The number of hydrogen-bond acceptors (Lipinski definition) is 2. The number of nitrogens with one attached hydrogen (secondary N) is 1. The van der Waals surface area contributed by atoms with E-state index in [0.717, 1.165) is 29.8 Å². The van der Waals surface area contributed by atoms with Gasteiger partial charge in [-0.3, -0.25) is 9.59 Å². The van der Waals surface area contributed by atoms with Gasteiger partial charge in [-0.15, -0.1) is 0 Å². The maximum atomic E-state index is 12.0. The highest BCUT2D eigenvalue weighted by Crippen LogP contribution is 2.29. The van der Waals surface area contributed by atoms with E-state index in [1.807, 2.05) is 29.2 Å². The van der Waals surface area contributed by atoms with Gasteiger partial charge in [0, 0.05) is 30.5 Å². The summed E-state index contributed by atoms with van der Waals surface area (Å²) in [5.74, 6) is 0.434. The Kier molecular flexibility index (Phi) is 4.15. The van der Waals surface area contributed by atoms with Crippen LogP contribution >= 0.6 is 11.6 Å². The predicted molar refractivity (Wildman–Crippen MR) is 81.0 cm³/mol. The van der Waals surface area contributed by atoms with Crippen molar-refractivity contribution in [3.63, 3.8) is 0 Å². The Morgan fingerprint density at radius 2 is 2.19 bits per heavy atom. The molecule has 1 saturated heterocycles. The van der Waals surface area contributed by atoms with E-state index < -0.39 is 0 Å². The molecule has 0 radical (unpaired) electrons. The van der Waals surface area contributed by atoms with Crippen LogP contribution in [-0.2, 0) is 16.0 Å². The minimum atomic E-state index is -0.0232. The largest absolute Gasteiger partial charge is 0.351 e. The van der Waals surface area contributed by atoms with E-state index in [1.54, 1.807) is 0 Å². The van der Waals surface area contributed by atoms with Crippen LogP contribution in [0.15, 0.2) is 24.3 Å². The third kappa shape index (κ3) is 3.76. The molecule has 1 aliphatic heterocycles. The molecule has 2 fully saturated rings. The second-order valence-electron chi connectivity index (χ2n) is 5.90. The molecule has 0 aromatic heterocycles. The van der Waals surface area contributed by atoms with Gasteiger partial charge in [0.25, 0.3) is 0 Å². The highest BCUT2D eigenvalue weighted by molar-refractivity contribution is 6.30. The van der Waals surface area contributed by atoms with Gasteiger partial charge in [-0.2, -0.15) is 0 Å². The topological polar surface area (TPSA) is 49.4 Å². The van der Waals surface area contributed by atoms with Crippen LogP contribution in [0.1, 0.15) is 24.8 Å². The number of benzene rings is 1. The third-order valence-corrected chi connectivity index (χ3v) is 4.30. The molecule has 21 heavy (non-hydrogen) atoms. The molecule has 4 nitrogen and oxygen atoms in total. The first kappa shape index (κ1) is 14.4. The summed E-state index contributed by atoms with van der Waals surface area (Å²) in [5.41, 5.74) is 1.13. The van der Waals surface area contributed by atoms with Crippen molar-refractivity contribution in [1.29, 1.82) is 0 Å². The Morgan fingerprint density at radius 3 is 2.90 bits per heavy atom. The average molecular weight is 307 g/mol. The molecular weight excluding hydrogens is 288 g/mol. The number of carbonyl (C=O) groups is 2. The molecule has 1 N–H and O–H groups in total. The van der Waals surface area contributed by atoms with Crippen molar-refractivity contribution in [1.82, 2.24) is 10.2 Å². The zero-order chi connectivity index (χ0) is 14.8. The molecule has 1 aromatic carbocycles. The van der Waals surface area contributed by atoms with E-state index in [2.05, 4.69) is 5.32 Å². The molecular formula is C16H19ClN2O2. The fraction of sp³-hybridized carbons (Fsp3) is 0.500. The van der Waals surface area contributed by atoms with E-state index >= 15 is 0 Å². The van der Waals surface area contributed by atoms with Gasteiger partial charge in [0.05, 0.1) is 6.04 Å². The molecule has 0 bridgehead atoms. The van der Waals surface area contributed by atoms with Gasteiger partial charge in [-0.1, -0.05) is 23.7 Å². The van der Waals surface area contributed by atoms with Crippen molar-refractivity contribution >= 4 is 23.4 Å². The van der Waals surface area contributed by atoms with E-state index in [4.69, 9.17) is 11.6 Å². The molecule has 1 heterocycles. The van der Waals surface area contributed by atoms with Crippen LogP contribution in [0.4, 0.5) is 0 Å². The van der Waals surface area contributed by atoms with Gasteiger partial charge in [0.1, 0.15) is 0 Å². The Hall–Kier alpha value is -1.55. The summed E-state index contributed by atoms with van der Waals surface area (Å²) in [5, 5.41) is 3.70. The van der Waals surface area contributed by atoms with E-state index in [9.17, 15) is 9.59 Å². The molecule has 1 aromatic rings. The molecule has 3 rings (SSSR count). The van der Waals surface area contributed by atoms with E-state index in [-0.39, 0.29) is 23.8 Å². The molecule has 0 unspecified atom stereocenters. The summed E-state index contributed by atoms with van der Waals surface area (Å²) in [7, 11) is 0. The Morgan fingerprint density at radius 1 is 1.38 bits per heavy atom. The number of amides is 2. The maximum Gasteiger partial charge on any atom is 0.224 e. The summed E-state index contributed by atoms with van der Waals surface area (Å²) in [6.07, 6.45) is 3.19. The summed E-state index contributed by atoms with van der Waals surface area (Å²) < 4.78 is 0. The average Bonchev–Trinajstić information content (AvgIpc) is 3.23. The first-order chi connectivity index (χ1) is 10.1. The van der Waals surface area contributed by atoms with Crippen molar-refractivity contribution in [3.05, 3.63) is 34.9 Å². The zero-order valence-electron chi connectivity index (χ0n) is 11.8. The van der Waals surface area contributed by atoms with Crippen LogP contribution in [0.3, 0.4) is 0 Å². The maximum absolute atomic E-state index is 12.0. The Balaban J connectivity index is 1.49. The lowest BCUT2D eigenvalue weighted by molar-refractivity contribution is -0.127. The van der Waals surface area contributed by atoms with Crippen LogP contribution < -0.4 is 5.32 Å². The number of halogens is 1. The number of carbonyl (C=O) groups excluding carboxylic acids is 2. The highest BCUT2D eigenvalue weighted by Gasteiger charge is 2.35. The number of rotatable bonds is 5. The lowest BCUT2D eigenvalue weighted by atomic mass is 10.1. The highest BCUT2D eigenvalue weighted by atomic mass is 35.5. The van der Waals surface area contributed by atoms with Gasteiger partial charge < -0.3 is 10.2 Å². The van der Waals surface area contributed by atoms with Crippen molar-refractivity contribution in [2.75, 3.05) is 13.1 Å². The van der Waals surface area contributed by atoms with Gasteiger partial charge in [0.15, 0.2) is 0 Å². The van der Waals surface area contributed by atoms with E-state index in [0.29, 0.717) is 19.5 Å². The summed E-state index contributed by atoms with van der Waals surface area (Å²) in [6, 6.07) is 7.68. The first-order valence-corrected chi connectivity index (χ1v) is 7.82. The van der Waals surface area contributed by atoms with Crippen LogP contribution in [-0.4, -0.2) is 35.8 Å². The molecule has 1 aliphatic carbocycles. The van der Waals surface area contributed by atoms with Gasteiger partial charge in [0.2, 0.25) is 11.8 Å². The quantitative estimate of drug-likeness (QED) is 0.904. The third-order valence-electron chi connectivity index (χ3n) is 4.07. The summed E-state index contributed by atoms with van der Waals surface area (Å²) >= 11 is 5.96. The minimum Gasteiger partial charge on any atom is -0.351 e. The van der Waals surface area contributed by atoms with Crippen LogP contribution in [0.5, 0.6) is 0 Å². The smallest absolute Gasteiger partial charge is 0.224 e. The molecule has 112 valence electrons. The summed E-state index contributed by atoms with van der Waals surface area (Å²) in [6.45, 7) is 1.30. The van der Waals surface area contributed by atoms with Gasteiger partial charge in [-0.25, -0.2) is 0 Å². The predicted octanol–water partition coefficient (Wildman–Crippen LogP) is 2.01. The van der Waals surface area contributed by atoms with Crippen LogP contribution in [0, 0.1) is 5.92 Å². The lowest BCUT2D eigenvalue weighted by Crippen LogP contribution is -2.38. The summed E-state index contributed by atoms with van der Waals surface area (Å²) in [4.78, 5) is 25.6. The second-order valence-corrected chi connectivity index (χ2v) is 6.34.